The molecule has 1 atom stereocenters. The summed E-state index contributed by atoms with van der Waals surface area (Å²) in [7, 11) is 0. The van der Waals surface area contributed by atoms with Crippen LogP contribution < -0.4 is 9.64 Å². The minimum Gasteiger partial charge on any atom is -0.493 e. The minimum atomic E-state index is 0.101. The Kier molecular flexibility index (Phi) is 10.1. The first-order chi connectivity index (χ1) is 19.6. The fourth-order valence-electron chi connectivity index (χ4n) is 6.04. The number of anilines is 1. The van der Waals surface area contributed by atoms with Gasteiger partial charge < -0.3 is 19.6 Å². The van der Waals surface area contributed by atoms with Crippen molar-refractivity contribution in [1.29, 1.82) is 0 Å². The Morgan fingerprint density at radius 2 is 1.73 bits per heavy atom. The predicted molar refractivity (Wildman–Crippen MR) is 158 cm³/mol. The van der Waals surface area contributed by atoms with E-state index in [-0.39, 0.29) is 12.5 Å². The summed E-state index contributed by atoms with van der Waals surface area (Å²) in [6.45, 7) is 9.39. The maximum absolute atomic E-state index is 13.1. The van der Waals surface area contributed by atoms with Gasteiger partial charge in [-0.1, -0.05) is 25.1 Å². The van der Waals surface area contributed by atoms with Crippen molar-refractivity contribution >= 4 is 17.4 Å². The lowest BCUT2D eigenvalue weighted by molar-refractivity contribution is -0.137. The van der Waals surface area contributed by atoms with Crippen molar-refractivity contribution in [2.24, 2.45) is 11.8 Å². The average molecular weight is 548 g/mol. The van der Waals surface area contributed by atoms with Crippen LogP contribution in [0.4, 0.5) is 5.95 Å². The van der Waals surface area contributed by atoms with Crippen molar-refractivity contribution in [2.75, 3.05) is 63.9 Å². The van der Waals surface area contributed by atoms with Crippen LogP contribution in [0.1, 0.15) is 56.6 Å². The van der Waals surface area contributed by atoms with E-state index in [1.165, 1.54) is 16.7 Å². The van der Waals surface area contributed by atoms with Gasteiger partial charge in [0.15, 0.2) is 0 Å². The number of piperidine rings is 1. The van der Waals surface area contributed by atoms with E-state index in [1.807, 2.05) is 17.3 Å². The zero-order chi connectivity index (χ0) is 27.7. The number of carbonyl (C=O) groups is 1. The van der Waals surface area contributed by atoms with Gasteiger partial charge in [0.05, 0.1) is 6.61 Å². The maximum atomic E-state index is 13.1. The summed E-state index contributed by atoms with van der Waals surface area (Å²) in [5.41, 5.74) is 3.75. The van der Waals surface area contributed by atoms with Crippen LogP contribution in [-0.4, -0.2) is 89.8 Å². The summed E-state index contributed by atoms with van der Waals surface area (Å²) >= 11 is 0. The number of nitrogens with zero attached hydrogens (tertiary/aromatic N) is 5. The van der Waals surface area contributed by atoms with Crippen LogP contribution in [-0.2, 0) is 11.2 Å². The molecular weight excluding hydrogens is 502 g/mol. The van der Waals surface area contributed by atoms with Crippen LogP contribution in [0.25, 0.3) is 5.57 Å². The summed E-state index contributed by atoms with van der Waals surface area (Å²) in [5, 5.41) is 9.04. The third kappa shape index (κ3) is 7.40. The monoisotopic (exact) mass is 547 g/mol. The highest BCUT2D eigenvalue weighted by molar-refractivity contribution is 5.81. The van der Waals surface area contributed by atoms with E-state index in [4.69, 9.17) is 9.84 Å². The number of piperazine rings is 1. The number of hydrogen-bond donors (Lipinski definition) is 1. The van der Waals surface area contributed by atoms with Gasteiger partial charge in [0, 0.05) is 70.7 Å². The van der Waals surface area contributed by atoms with Gasteiger partial charge in [-0.2, -0.15) is 0 Å². The maximum Gasteiger partial charge on any atom is 0.226 e. The molecule has 2 fully saturated rings. The SMILES string of the molecule is CCc1cnc(N2CCC(COc3ccc(C4=CCC(C(=O)N5CCN(CCCO)CC5)CC4)cc3)CC2)nc1. The van der Waals surface area contributed by atoms with E-state index in [9.17, 15) is 4.79 Å². The van der Waals surface area contributed by atoms with Gasteiger partial charge in [-0.25, -0.2) is 9.97 Å². The molecule has 1 aromatic heterocycles. The van der Waals surface area contributed by atoms with Gasteiger partial charge in [0.2, 0.25) is 11.9 Å². The molecule has 2 saturated heterocycles. The molecule has 5 rings (SSSR count). The number of aliphatic hydroxyl groups excluding tert-OH is 1. The van der Waals surface area contributed by atoms with Crippen LogP contribution in [0.5, 0.6) is 5.75 Å². The van der Waals surface area contributed by atoms with E-state index >= 15 is 0 Å². The number of aryl methyl sites for hydroxylation is 1. The van der Waals surface area contributed by atoms with Gasteiger partial charge in [-0.15, -0.1) is 0 Å². The summed E-state index contributed by atoms with van der Waals surface area (Å²) in [4.78, 5) is 28.8. The average Bonchev–Trinajstić information content (AvgIpc) is 3.03. The van der Waals surface area contributed by atoms with E-state index in [0.29, 0.717) is 11.8 Å². The van der Waals surface area contributed by atoms with Crippen LogP contribution in [0, 0.1) is 11.8 Å². The predicted octanol–water partition coefficient (Wildman–Crippen LogP) is 4.04. The molecule has 1 amide bonds. The van der Waals surface area contributed by atoms with Crippen molar-refractivity contribution in [3.8, 4) is 5.75 Å². The molecule has 40 heavy (non-hydrogen) atoms. The molecule has 1 aromatic carbocycles. The number of amides is 1. The first-order valence-electron chi connectivity index (χ1n) is 15.2. The number of rotatable bonds is 10. The molecule has 0 radical (unpaired) electrons. The summed E-state index contributed by atoms with van der Waals surface area (Å²) in [6.07, 6.45) is 12.8. The normalized spacial score (nSPS) is 20.9. The molecule has 0 bridgehead atoms. The molecule has 1 unspecified atom stereocenters. The highest BCUT2D eigenvalue weighted by Crippen LogP contribution is 2.32. The Hall–Kier alpha value is -2.97. The first-order valence-corrected chi connectivity index (χ1v) is 15.2. The van der Waals surface area contributed by atoms with Gasteiger partial charge in [-0.3, -0.25) is 9.69 Å². The second-order valence-electron chi connectivity index (χ2n) is 11.5. The van der Waals surface area contributed by atoms with Crippen LogP contribution in [0.15, 0.2) is 42.7 Å². The molecule has 3 aliphatic rings. The Balaban J connectivity index is 1.03. The third-order valence-corrected chi connectivity index (χ3v) is 8.78. The Morgan fingerprint density at radius 1 is 1.00 bits per heavy atom. The lowest BCUT2D eigenvalue weighted by atomic mass is 9.85. The van der Waals surface area contributed by atoms with Crippen molar-refractivity contribution in [2.45, 2.75) is 51.9 Å². The largest absolute Gasteiger partial charge is 0.493 e. The molecule has 0 spiro atoms. The Bertz CT molecular complexity index is 1100. The number of hydrogen-bond acceptors (Lipinski definition) is 7. The second kappa shape index (κ2) is 14.1. The molecule has 2 aromatic rings. The quantitative estimate of drug-likeness (QED) is 0.481. The highest BCUT2D eigenvalue weighted by Gasteiger charge is 2.29. The molecule has 1 aliphatic carbocycles. The van der Waals surface area contributed by atoms with Crippen molar-refractivity contribution in [3.63, 3.8) is 0 Å². The number of ether oxygens (including phenoxy) is 1. The molecule has 1 N–H and O–H groups in total. The van der Waals surface area contributed by atoms with Crippen molar-refractivity contribution < 1.29 is 14.6 Å². The topological polar surface area (TPSA) is 82.0 Å². The number of carbonyl (C=O) groups excluding carboxylic acids is 1. The number of aromatic nitrogens is 2. The summed E-state index contributed by atoms with van der Waals surface area (Å²) in [5.74, 6) is 2.72. The molecule has 8 heteroatoms. The van der Waals surface area contributed by atoms with E-state index in [2.05, 4.69) is 57.0 Å². The fourth-order valence-corrected chi connectivity index (χ4v) is 6.04. The Morgan fingerprint density at radius 3 is 2.35 bits per heavy atom. The number of allylic oxidation sites excluding steroid dienone is 2. The number of benzene rings is 1. The fraction of sp³-hybridized carbons (Fsp3) is 0.594. The van der Waals surface area contributed by atoms with Gasteiger partial charge in [0.1, 0.15) is 5.75 Å². The number of aliphatic hydroxyl groups is 1. The van der Waals surface area contributed by atoms with Gasteiger partial charge in [0.25, 0.3) is 0 Å². The van der Waals surface area contributed by atoms with E-state index in [1.54, 1.807) is 0 Å². The standard InChI is InChI=1S/C32H45N5O3/c1-2-25-22-33-32(34-23-25)37-15-12-26(13-16-37)24-40-30-10-8-28(9-11-30)27-4-6-29(7-5-27)31(39)36-19-17-35(18-20-36)14-3-21-38/h4,8-11,22-23,26,29,38H,2-3,5-7,12-21,24H2,1H3. The highest BCUT2D eigenvalue weighted by atomic mass is 16.5. The third-order valence-electron chi connectivity index (χ3n) is 8.78. The summed E-state index contributed by atoms with van der Waals surface area (Å²) in [6, 6.07) is 8.49. The zero-order valence-corrected chi connectivity index (χ0v) is 24.0. The lowest BCUT2D eigenvalue weighted by Gasteiger charge is -2.37. The van der Waals surface area contributed by atoms with Crippen molar-refractivity contribution in [1.82, 2.24) is 19.8 Å². The molecule has 3 heterocycles. The molecule has 0 saturated carbocycles. The lowest BCUT2D eigenvalue weighted by Crippen LogP contribution is -2.50. The first kappa shape index (κ1) is 28.6. The zero-order valence-electron chi connectivity index (χ0n) is 24.0. The minimum absolute atomic E-state index is 0.101. The van der Waals surface area contributed by atoms with E-state index < -0.39 is 0 Å². The Labute approximate surface area is 239 Å². The second-order valence-corrected chi connectivity index (χ2v) is 11.5. The van der Waals surface area contributed by atoms with Crippen LogP contribution >= 0.6 is 0 Å². The smallest absolute Gasteiger partial charge is 0.226 e. The summed E-state index contributed by atoms with van der Waals surface area (Å²) < 4.78 is 6.17. The molecule has 2 aliphatic heterocycles. The molecule has 8 nitrogen and oxygen atoms in total. The van der Waals surface area contributed by atoms with Crippen molar-refractivity contribution in [3.05, 3.63) is 53.9 Å². The molecule has 216 valence electrons. The molecular formula is C32H45N5O3. The van der Waals surface area contributed by atoms with E-state index in [0.717, 1.165) is 109 Å². The van der Waals surface area contributed by atoms with Gasteiger partial charge >= 0.3 is 0 Å². The van der Waals surface area contributed by atoms with Crippen LogP contribution in [0.3, 0.4) is 0 Å². The van der Waals surface area contributed by atoms with Gasteiger partial charge in [-0.05, 0) is 79.7 Å². The van der Waals surface area contributed by atoms with Crippen LogP contribution in [0.2, 0.25) is 0 Å².